The summed E-state index contributed by atoms with van der Waals surface area (Å²) in [7, 11) is 0. The van der Waals surface area contributed by atoms with E-state index in [1.807, 2.05) is 6.92 Å². The molecule has 0 saturated carbocycles. The number of carbonyl (C=O) groups is 1. The zero-order chi connectivity index (χ0) is 16.3. The number of nitrogens with one attached hydrogen (secondary N) is 1. The molecule has 0 spiro atoms. The third kappa shape index (κ3) is 16.9. The molecule has 128 valence electrons. The Morgan fingerprint density at radius 3 is 2.00 bits per heavy atom. The highest BCUT2D eigenvalue weighted by Crippen LogP contribution is 1.85. The van der Waals surface area contributed by atoms with Crippen molar-refractivity contribution in [1.82, 2.24) is 5.32 Å². The zero-order valence-electron chi connectivity index (χ0n) is 13.8. The zero-order valence-corrected chi connectivity index (χ0v) is 13.8. The molecule has 6 heteroatoms. The molecule has 0 aromatic rings. The Morgan fingerprint density at radius 1 is 0.909 bits per heavy atom. The van der Waals surface area contributed by atoms with Crippen molar-refractivity contribution in [2.75, 3.05) is 59.4 Å². The van der Waals surface area contributed by atoms with E-state index in [-0.39, 0.29) is 5.91 Å². The van der Waals surface area contributed by atoms with Crippen LogP contribution in [-0.4, -0.2) is 65.3 Å². The highest BCUT2D eigenvalue weighted by Gasteiger charge is 1.97. The Morgan fingerprint density at radius 2 is 1.45 bits per heavy atom. The first-order valence-electron chi connectivity index (χ1n) is 7.78. The minimum absolute atomic E-state index is 0.0743. The van der Waals surface area contributed by atoms with Crippen molar-refractivity contribution in [3.63, 3.8) is 0 Å². The number of hydrogen-bond acceptors (Lipinski definition) is 5. The molecule has 22 heavy (non-hydrogen) atoms. The van der Waals surface area contributed by atoms with Crippen molar-refractivity contribution in [2.24, 2.45) is 0 Å². The first kappa shape index (κ1) is 20.9. The van der Waals surface area contributed by atoms with E-state index in [9.17, 15) is 4.79 Å². The van der Waals surface area contributed by atoms with E-state index in [0.29, 0.717) is 65.8 Å². The van der Waals surface area contributed by atoms with Gasteiger partial charge in [0.1, 0.15) is 6.61 Å². The smallest absolute Gasteiger partial charge is 0.220 e. The van der Waals surface area contributed by atoms with Crippen LogP contribution in [0.5, 0.6) is 0 Å². The molecule has 0 heterocycles. The maximum Gasteiger partial charge on any atom is 0.220 e. The van der Waals surface area contributed by atoms with Crippen molar-refractivity contribution < 1.29 is 23.7 Å². The standard InChI is InChI=1S/C16H29NO5/c1-3-5-8-19-10-12-21-14-15-22-13-11-20-9-7-17-16(18)6-4-2/h4,6-15H2,1-2H3,(H,17,18). The fourth-order valence-corrected chi connectivity index (χ4v) is 1.43. The van der Waals surface area contributed by atoms with Crippen LogP contribution in [0.4, 0.5) is 0 Å². The summed E-state index contributed by atoms with van der Waals surface area (Å²) in [5, 5.41) is 2.78. The molecule has 0 unspecified atom stereocenters. The Hall–Kier alpha value is -1.13. The molecule has 0 aliphatic rings. The predicted octanol–water partition coefficient (Wildman–Crippen LogP) is 0.992. The molecule has 0 rings (SSSR count). The van der Waals surface area contributed by atoms with E-state index in [1.54, 1.807) is 6.92 Å². The molecule has 6 nitrogen and oxygen atoms in total. The second kappa shape index (κ2) is 17.9. The van der Waals surface area contributed by atoms with Gasteiger partial charge in [-0.1, -0.05) is 12.8 Å². The highest BCUT2D eigenvalue weighted by molar-refractivity contribution is 5.75. The molecule has 1 amide bonds. The summed E-state index contributed by atoms with van der Waals surface area (Å²) in [5.74, 6) is 5.64. The maximum absolute atomic E-state index is 11.2. The lowest BCUT2D eigenvalue weighted by molar-refractivity contribution is -0.121. The average molecular weight is 315 g/mol. The number of carbonyl (C=O) groups excluding carboxylic acids is 1. The molecule has 0 aliphatic carbocycles. The second-order valence-corrected chi connectivity index (χ2v) is 4.42. The molecule has 0 fully saturated rings. The summed E-state index contributed by atoms with van der Waals surface area (Å²) in [4.78, 5) is 11.2. The van der Waals surface area contributed by atoms with Gasteiger partial charge in [0.15, 0.2) is 0 Å². The fraction of sp³-hybridized carbons (Fsp3) is 0.812. The molecule has 1 N–H and O–H groups in total. The summed E-state index contributed by atoms with van der Waals surface area (Å²) in [6.07, 6.45) is 1.43. The van der Waals surface area contributed by atoms with E-state index in [0.717, 1.165) is 6.42 Å². The van der Waals surface area contributed by atoms with Crippen LogP contribution in [0.1, 0.15) is 26.7 Å². The Bertz CT molecular complexity index is 311. The SMILES string of the molecule is CC#CCOCCOCCOCCOCCNC(=O)CCC. The molecular weight excluding hydrogens is 286 g/mol. The van der Waals surface area contributed by atoms with Gasteiger partial charge in [0.25, 0.3) is 0 Å². The normalized spacial score (nSPS) is 10.1. The third-order valence-corrected chi connectivity index (χ3v) is 2.51. The van der Waals surface area contributed by atoms with Crippen LogP contribution in [0.3, 0.4) is 0 Å². The van der Waals surface area contributed by atoms with Gasteiger partial charge in [0, 0.05) is 13.0 Å². The highest BCUT2D eigenvalue weighted by atomic mass is 16.6. The summed E-state index contributed by atoms with van der Waals surface area (Å²) < 4.78 is 21.2. The fourth-order valence-electron chi connectivity index (χ4n) is 1.43. The monoisotopic (exact) mass is 315 g/mol. The van der Waals surface area contributed by atoms with Crippen molar-refractivity contribution >= 4 is 5.91 Å². The lowest BCUT2D eigenvalue weighted by atomic mass is 10.3. The van der Waals surface area contributed by atoms with Crippen molar-refractivity contribution in [3.8, 4) is 11.8 Å². The molecule has 0 saturated heterocycles. The van der Waals surface area contributed by atoms with Gasteiger partial charge < -0.3 is 24.3 Å². The molecule has 0 bridgehead atoms. The minimum atomic E-state index is 0.0743. The van der Waals surface area contributed by atoms with Crippen LogP contribution >= 0.6 is 0 Å². The van der Waals surface area contributed by atoms with E-state index < -0.39 is 0 Å². The van der Waals surface area contributed by atoms with Crippen LogP contribution in [0.15, 0.2) is 0 Å². The van der Waals surface area contributed by atoms with E-state index >= 15 is 0 Å². The lowest BCUT2D eigenvalue weighted by Crippen LogP contribution is -2.27. The molecule has 0 aliphatic heterocycles. The molecule has 0 radical (unpaired) electrons. The largest absolute Gasteiger partial charge is 0.377 e. The van der Waals surface area contributed by atoms with Gasteiger partial charge >= 0.3 is 0 Å². The topological polar surface area (TPSA) is 66.0 Å². The van der Waals surface area contributed by atoms with Crippen LogP contribution in [-0.2, 0) is 23.7 Å². The first-order chi connectivity index (χ1) is 10.8. The molecule has 0 aromatic heterocycles. The van der Waals surface area contributed by atoms with Gasteiger partial charge in [0.2, 0.25) is 5.91 Å². The lowest BCUT2D eigenvalue weighted by Gasteiger charge is -2.07. The Labute approximate surface area is 133 Å². The van der Waals surface area contributed by atoms with E-state index in [1.165, 1.54) is 0 Å². The van der Waals surface area contributed by atoms with Crippen LogP contribution in [0.25, 0.3) is 0 Å². The summed E-state index contributed by atoms with van der Waals surface area (Å²) >= 11 is 0. The van der Waals surface area contributed by atoms with Crippen molar-refractivity contribution in [2.45, 2.75) is 26.7 Å². The molecule has 0 aromatic carbocycles. The average Bonchev–Trinajstić information content (AvgIpc) is 2.51. The second-order valence-electron chi connectivity index (χ2n) is 4.42. The first-order valence-corrected chi connectivity index (χ1v) is 7.78. The molecule has 0 atom stereocenters. The Balaban J connectivity index is 3.05. The van der Waals surface area contributed by atoms with Gasteiger partial charge in [-0.3, -0.25) is 4.79 Å². The van der Waals surface area contributed by atoms with Gasteiger partial charge in [0.05, 0.1) is 46.2 Å². The van der Waals surface area contributed by atoms with E-state index in [2.05, 4.69) is 17.2 Å². The maximum atomic E-state index is 11.2. The minimum Gasteiger partial charge on any atom is -0.377 e. The van der Waals surface area contributed by atoms with Gasteiger partial charge in [-0.15, -0.1) is 5.92 Å². The molecular formula is C16H29NO5. The summed E-state index contributed by atoms with van der Waals surface area (Å²) in [6.45, 7) is 8.46. The number of ether oxygens (including phenoxy) is 4. The number of hydrogen-bond donors (Lipinski definition) is 1. The van der Waals surface area contributed by atoms with Gasteiger partial charge in [-0.25, -0.2) is 0 Å². The third-order valence-electron chi connectivity index (χ3n) is 2.51. The summed E-state index contributed by atoms with van der Waals surface area (Å²) in [5.41, 5.74) is 0. The van der Waals surface area contributed by atoms with Crippen LogP contribution in [0.2, 0.25) is 0 Å². The van der Waals surface area contributed by atoms with E-state index in [4.69, 9.17) is 18.9 Å². The van der Waals surface area contributed by atoms with Gasteiger partial charge in [-0.2, -0.15) is 0 Å². The van der Waals surface area contributed by atoms with Crippen LogP contribution in [0, 0.1) is 11.8 Å². The van der Waals surface area contributed by atoms with Crippen molar-refractivity contribution in [1.29, 1.82) is 0 Å². The van der Waals surface area contributed by atoms with Crippen molar-refractivity contribution in [3.05, 3.63) is 0 Å². The van der Waals surface area contributed by atoms with Gasteiger partial charge in [-0.05, 0) is 13.3 Å². The quantitative estimate of drug-likeness (QED) is 0.361. The Kier molecular flexibility index (Phi) is 17.0. The predicted molar refractivity (Wildman–Crippen MR) is 84.6 cm³/mol. The number of rotatable bonds is 15. The van der Waals surface area contributed by atoms with Crippen LogP contribution < -0.4 is 5.32 Å². The summed E-state index contributed by atoms with van der Waals surface area (Å²) in [6, 6.07) is 0. The number of amides is 1.